The Hall–Kier alpha value is -3.10. The van der Waals surface area contributed by atoms with Crippen LogP contribution in [0, 0.1) is 18.8 Å². The van der Waals surface area contributed by atoms with Crippen molar-refractivity contribution in [1.29, 1.82) is 0 Å². The van der Waals surface area contributed by atoms with Gasteiger partial charge in [0.25, 0.3) is 0 Å². The first kappa shape index (κ1) is 18.0. The topological polar surface area (TPSA) is 104 Å². The van der Waals surface area contributed by atoms with Crippen molar-refractivity contribution in [2.45, 2.75) is 39.3 Å². The summed E-state index contributed by atoms with van der Waals surface area (Å²) < 4.78 is 1.95. The summed E-state index contributed by atoms with van der Waals surface area (Å²) >= 11 is 0. The molecule has 0 bridgehead atoms. The molecule has 3 N–H and O–H groups in total. The number of nitrogens with one attached hydrogen (secondary N) is 3. The van der Waals surface area contributed by atoms with Crippen molar-refractivity contribution in [3.05, 3.63) is 30.6 Å². The average molecular weight is 394 g/mol. The van der Waals surface area contributed by atoms with Gasteiger partial charge in [-0.1, -0.05) is 0 Å². The summed E-state index contributed by atoms with van der Waals surface area (Å²) in [5, 5.41) is 7.58. The number of anilines is 2. The summed E-state index contributed by atoms with van der Waals surface area (Å²) in [4.78, 5) is 31.0. The van der Waals surface area contributed by atoms with E-state index in [1.165, 1.54) is 0 Å². The Labute approximate surface area is 168 Å². The lowest BCUT2D eigenvalue weighted by Gasteiger charge is -2.20. The monoisotopic (exact) mass is 394 g/mol. The van der Waals surface area contributed by atoms with Crippen LogP contribution in [-0.4, -0.2) is 54.6 Å². The number of imidazole rings is 1. The molecule has 5 rings (SSSR count). The maximum absolute atomic E-state index is 12.6. The Morgan fingerprint density at radius 3 is 2.79 bits per heavy atom. The first-order valence-electron chi connectivity index (χ1n) is 10.2. The SMILES string of the molecule is CCn1cnc(NC(=O)N2C[C@H]3CC(Nc4nc(C)nc5[nH]ccc45)C[C@H]3C2)c1. The Kier molecular flexibility index (Phi) is 4.37. The Morgan fingerprint density at radius 2 is 2.07 bits per heavy atom. The molecule has 3 aromatic heterocycles. The van der Waals surface area contributed by atoms with E-state index in [1.54, 1.807) is 6.33 Å². The fraction of sp³-hybridized carbons (Fsp3) is 0.500. The van der Waals surface area contributed by atoms with Gasteiger partial charge in [-0.05, 0) is 44.6 Å². The molecule has 3 aromatic rings. The lowest BCUT2D eigenvalue weighted by molar-refractivity contribution is 0.218. The van der Waals surface area contributed by atoms with E-state index in [0.717, 1.165) is 55.2 Å². The molecular weight excluding hydrogens is 368 g/mol. The molecule has 0 aromatic carbocycles. The minimum atomic E-state index is -0.0503. The number of urea groups is 1. The Balaban J connectivity index is 1.19. The number of aromatic nitrogens is 5. The van der Waals surface area contributed by atoms with Crippen molar-refractivity contribution in [3.8, 4) is 0 Å². The van der Waals surface area contributed by atoms with Crippen molar-refractivity contribution < 1.29 is 4.79 Å². The van der Waals surface area contributed by atoms with Crippen LogP contribution in [0.5, 0.6) is 0 Å². The number of nitrogens with zero attached hydrogens (tertiary/aromatic N) is 5. The third-order valence-corrected chi connectivity index (χ3v) is 6.14. The minimum Gasteiger partial charge on any atom is -0.367 e. The van der Waals surface area contributed by atoms with Gasteiger partial charge in [-0.15, -0.1) is 0 Å². The molecule has 2 amide bonds. The highest BCUT2D eigenvalue weighted by molar-refractivity contribution is 5.88. The van der Waals surface area contributed by atoms with Gasteiger partial charge in [0.05, 0.1) is 11.7 Å². The molecule has 1 aliphatic carbocycles. The van der Waals surface area contributed by atoms with Crippen LogP contribution in [0.4, 0.5) is 16.4 Å². The standard InChI is InChI=1S/C20H26N8O/c1-3-27-10-17(22-11-27)26-20(29)28-8-13-6-15(7-14(13)9-28)25-19-16-4-5-21-18(16)23-12(2)24-19/h4-5,10-11,13-15H,3,6-9H2,1-2H3,(H,26,29)(H2,21,23,24,25)/t13-,14+,15?. The van der Waals surface area contributed by atoms with Gasteiger partial charge in [-0.3, -0.25) is 5.32 Å². The molecular formula is C20H26N8O. The molecule has 1 aliphatic heterocycles. The zero-order valence-electron chi connectivity index (χ0n) is 16.7. The van der Waals surface area contributed by atoms with Crippen LogP contribution in [0.1, 0.15) is 25.6 Å². The highest BCUT2D eigenvalue weighted by atomic mass is 16.2. The number of hydrogen-bond acceptors (Lipinski definition) is 5. The predicted octanol–water partition coefficient (Wildman–Crippen LogP) is 2.84. The van der Waals surface area contributed by atoms with Crippen LogP contribution in [0.2, 0.25) is 0 Å². The van der Waals surface area contributed by atoms with Gasteiger partial charge in [-0.2, -0.15) is 0 Å². The average Bonchev–Trinajstić information content (AvgIpc) is 3.44. The van der Waals surface area contributed by atoms with Gasteiger partial charge >= 0.3 is 6.03 Å². The van der Waals surface area contributed by atoms with E-state index in [-0.39, 0.29) is 6.03 Å². The molecule has 1 saturated carbocycles. The summed E-state index contributed by atoms with van der Waals surface area (Å²) in [6, 6.07) is 2.34. The first-order chi connectivity index (χ1) is 14.1. The van der Waals surface area contributed by atoms with Gasteiger partial charge in [-0.25, -0.2) is 19.7 Å². The highest BCUT2D eigenvalue weighted by Crippen LogP contribution is 2.39. The number of H-pyrrole nitrogens is 1. The summed E-state index contributed by atoms with van der Waals surface area (Å²) in [5.74, 6) is 3.32. The van der Waals surface area contributed by atoms with Crippen molar-refractivity contribution in [3.63, 3.8) is 0 Å². The number of hydrogen-bond donors (Lipinski definition) is 3. The second kappa shape index (κ2) is 7.06. The van der Waals surface area contributed by atoms with Crippen molar-refractivity contribution in [1.82, 2.24) is 29.4 Å². The molecule has 1 unspecified atom stereocenters. The fourth-order valence-corrected chi connectivity index (χ4v) is 4.73. The Bertz CT molecular complexity index is 1030. The van der Waals surface area contributed by atoms with Gasteiger partial charge in [0.15, 0.2) is 5.82 Å². The van der Waals surface area contributed by atoms with E-state index in [9.17, 15) is 4.79 Å². The minimum absolute atomic E-state index is 0.0503. The molecule has 3 atom stereocenters. The normalized spacial score (nSPS) is 23.5. The number of amides is 2. The number of rotatable bonds is 4. The van der Waals surface area contributed by atoms with Gasteiger partial charge in [0.1, 0.15) is 17.3 Å². The number of aryl methyl sites for hydroxylation is 2. The van der Waals surface area contributed by atoms with E-state index in [1.807, 2.05) is 41.8 Å². The third kappa shape index (κ3) is 3.41. The molecule has 152 valence electrons. The maximum Gasteiger partial charge on any atom is 0.323 e. The molecule has 9 nitrogen and oxygen atoms in total. The number of carbonyl (C=O) groups is 1. The van der Waals surface area contributed by atoms with Crippen molar-refractivity contribution in [2.24, 2.45) is 11.8 Å². The van der Waals surface area contributed by atoms with E-state index in [4.69, 9.17) is 0 Å². The summed E-state index contributed by atoms with van der Waals surface area (Å²) in [7, 11) is 0. The number of fused-ring (bicyclic) bond motifs is 2. The zero-order valence-corrected chi connectivity index (χ0v) is 16.7. The molecule has 1 saturated heterocycles. The third-order valence-electron chi connectivity index (χ3n) is 6.14. The molecule has 0 spiro atoms. The molecule has 29 heavy (non-hydrogen) atoms. The van der Waals surface area contributed by atoms with Crippen LogP contribution < -0.4 is 10.6 Å². The molecule has 9 heteroatoms. The smallest absolute Gasteiger partial charge is 0.323 e. The maximum atomic E-state index is 12.6. The second-order valence-electron chi connectivity index (χ2n) is 8.12. The number of aromatic amines is 1. The number of likely N-dealkylation sites (tertiary alicyclic amines) is 1. The van der Waals surface area contributed by atoms with Crippen LogP contribution in [0.15, 0.2) is 24.8 Å². The van der Waals surface area contributed by atoms with E-state index in [2.05, 4.69) is 30.6 Å². The molecule has 0 radical (unpaired) electrons. The predicted molar refractivity (Wildman–Crippen MR) is 111 cm³/mol. The van der Waals surface area contributed by atoms with E-state index in [0.29, 0.717) is 23.7 Å². The quantitative estimate of drug-likeness (QED) is 0.631. The van der Waals surface area contributed by atoms with Crippen molar-refractivity contribution >= 4 is 28.7 Å². The summed E-state index contributed by atoms with van der Waals surface area (Å²) in [6.07, 6.45) is 7.59. The largest absolute Gasteiger partial charge is 0.367 e. The highest BCUT2D eigenvalue weighted by Gasteiger charge is 2.42. The van der Waals surface area contributed by atoms with Crippen LogP contribution in [0.25, 0.3) is 11.0 Å². The summed E-state index contributed by atoms with van der Waals surface area (Å²) in [5.41, 5.74) is 0.867. The van der Waals surface area contributed by atoms with Gasteiger partial charge in [0, 0.05) is 38.1 Å². The number of carbonyl (C=O) groups excluding carboxylic acids is 1. The van der Waals surface area contributed by atoms with Crippen LogP contribution in [0.3, 0.4) is 0 Å². The first-order valence-corrected chi connectivity index (χ1v) is 10.2. The second-order valence-corrected chi connectivity index (χ2v) is 8.12. The zero-order chi connectivity index (χ0) is 20.0. The van der Waals surface area contributed by atoms with Gasteiger partial charge in [0.2, 0.25) is 0 Å². The molecule has 2 aliphatic rings. The fourth-order valence-electron chi connectivity index (χ4n) is 4.73. The lowest BCUT2D eigenvalue weighted by atomic mass is 10.0. The lowest BCUT2D eigenvalue weighted by Crippen LogP contribution is -2.34. The van der Waals surface area contributed by atoms with E-state index >= 15 is 0 Å². The van der Waals surface area contributed by atoms with Crippen LogP contribution in [-0.2, 0) is 6.54 Å². The van der Waals surface area contributed by atoms with E-state index < -0.39 is 0 Å². The van der Waals surface area contributed by atoms with Gasteiger partial charge < -0.3 is 19.8 Å². The Morgan fingerprint density at radius 1 is 1.28 bits per heavy atom. The van der Waals surface area contributed by atoms with Crippen molar-refractivity contribution in [2.75, 3.05) is 23.7 Å². The van der Waals surface area contributed by atoms with Crippen LogP contribution >= 0.6 is 0 Å². The molecule has 4 heterocycles. The summed E-state index contributed by atoms with van der Waals surface area (Å²) in [6.45, 7) is 6.39. The molecule has 2 fully saturated rings.